The number of rotatable bonds is 1. The van der Waals surface area contributed by atoms with Gasteiger partial charge in [-0.05, 0) is 0 Å². The van der Waals surface area contributed by atoms with Gasteiger partial charge in [0, 0.05) is 0 Å². The van der Waals surface area contributed by atoms with Crippen molar-refractivity contribution in [3.63, 3.8) is 0 Å². The predicted molar refractivity (Wildman–Crippen MR) is 116 cm³/mol. The Morgan fingerprint density at radius 3 is 2.05 bits per heavy atom. The molecular formula is C15H37P5. The van der Waals surface area contributed by atoms with Crippen LogP contribution in [0.2, 0.25) is 0 Å². The molecular weight excluding hydrogens is 335 g/mol. The van der Waals surface area contributed by atoms with Crippen molar-refractivity contribution in [3.8, 4) is 5.37 Å². The summed E-state index contributed by atoms with van der Waals surface area (Å²) in [5, 5.41) is 4.11. The molecule has 0 aliphatic carbocycles. The van der Waals surface area contributed by atoms with Crippen LogP contribution in [-0.2, 0) is 0 Å². The average Bonchev–Trinajstić information content (AvgIpc) is 2.24. The molecule has 0 radical (unpaired) electrons. The molecule has 20 heavy (non-hydrogen) atoms. The summed E-state index contributed by atoms with van der Waals surface area (Å²) in [5.41, 5.74) is 0.996. The van der Waals surface area contributed by atoms with E-state index in [1.54, 1.807) is 6.16 Å². The standard InChI is InChI=1S/C15H37P5/c1-14(2)15-11-20(8,9,10)18(5)13-16(3)12-17(4)19(15,6)7/h14-15,19H,11,13H2,1-10H3. The van der Waals surface area contributed by atoms with Crippen LogP contribution in [0.4, 0.5) is 0 Å². The molecule has 0 aromatic carbocycles. The summed E-state index contributed by atoms with van der Waals surface area (Å²) in [6, 6.07) is 0. The van der Waals surface area contributed by atoms with Crippen LogP contribution in [0.1, 0.15) is 13.8 Å². The first-order chi connectivity index (χ1) is 8.75. The van der Waals surface area contributed by atoms with Gasteiger partial charge in [0.1, 0.15) is 0 Å². The van der Waals surface area contributed by atoms with Crippen LogP contribution in [0, 0.1) is 11.3 Å². The van der Waals surface area contributed by atoms with Crippen LogP contribution in [-0.4, -0.2) is 71.0 Å². The molecule has 4 unspecified atom stereocenters. The topological polar surface area (TPSA) is 0 Å². The van der Waals surface area contributed by atoms with Crippen molar-refractivity contribution in [2.45, 2.75) is 19.5 Å². The van der Waals surface area contributed by atoms with E-state index >= 15 is 0 Å². The fourth-order valence-electron chi connectivity index (χ4n) is 3.27. The zero-order valence-corrected chi connectivity index (χ0v) is 19.9. The van der Waals surface area contributed by atoms with E-state index in [1.165, 1.54) is 5.90 Å². The maximum atomic E-state index is 4.11. The van der Waals surface area contributed by atoms with Crippen LogP contribution in [0.15, 0.2) is 0 Å². The summed E-state index contributed by atoms with van der Waals surface area (Å²) >= 11 is 0. The van der Waals surface area contributed by atoms with E-state index in [0.29, 0.717) is 0 Å². The van der Waals surface area contributed by atoms with Crippen molar-refractivity contribution in [1.29, 1.82) is 0 Å². The van der Waals surface area contributed by atoms with Gasteiger partial charge in [0.05, 0.1) is 0 Å². The molecule has 0 fully saturated rings. The third-order valence-corrected chi connectivity index (χ3v) is 36.6. The second-order valence-corrected chi connectivity index (χ2v) is 37.1. The van der Waals surface area contributed by atoms with Crippen LogP contribution >= 0.6 is 35.8 Å². The summed E-state index contributed by atoms with van der Waals surface area (Å²) in [6.45, 7) is 24.9. The van der Waals surface area contributed by atoms with E-state index in [9.17, 15) is 0 Å². The first-order valence-electron chi connectivity index (χ1n) is 7.69. The molecule has 0 saturated carbocycles. The monoisotopic (exact) mass is 372 g/mol. The molecule has 0 aromatic rings. The molecule has 0 saturated heterocycles. The van der Waals surface area contributed by atoms with Crippen molar-refractivity contribution in [3.05, 3.63) is 0 Å². The third kappa shape index (κ3) is 4.42. The van der Waals surface area contributed by atoms with Crippen LogP contribution < -0.4 is 0 Å². The van der Waals surface area contributed by atoms with E-state index < -0.39 is 13.2 Å². The Labute approximate surface area is 132 Å². The molecule has 0 bridgehead atoms. The van der Waals surface area contributed by atoms with E-state index in [-0.39, 0.29) is 22.6 Å². The maximum absolute atomic E-state index is 4.11. The van der Waals surface area contributed by atoms with Crippen LogP contribution in [0.5, 0.6) is 0 Å². The molecule has 1 aliphatic rings. The quantitative estimate of drug-likeness (QED) is 0.460. The summed E-state index contributed by atoms with van der Waals surface area (Å²) in [6.07, 6.45) is 0.0688. The van der Waals surface area contributed by atoms with Crippen LogP contribution in [0.3, 0.4) is 0 Å². The van der Waals surface area contributed by atoms with E-state index in [0.717, 1.165) is 11.6 Å². The summed E-state index contributed by atoms with van der Waals surface area (Å²) < 4.78 is 0. The van der Waals surface area contributed by atoms with Crippen LogP contribution in [0.25, 0.3) is 0 Å². The molecule has 4 atom stereocenters. The van der Waals surface area contributed by atoms with Gasteiger partial charge < -0.3 is 0 Å². The minimum absolute atomic E-state index is 0.0569. The van der Waals surface area contributed by atoms with E-state index in [2.05, 4.69) is 72.5 Å². The Hall–Kier alpha value is 1.80. The molecule has 5 heteroatoms. The molecule has 0 N–H and O–H groups in total. The Morgan fingerprint density at radius 1 is 1.10 bits per heavy atom. The minimum atomic E-state index is -1.49. The van der Waals surface area contributed by atoms with Gasteiger partial charge in [-0.3, -0.25) is 0 Å². The van der Waals surface area contributed by atoms with Gasteiger partial charge in [0.15, 0.2) is 0 Å². The van der Waals surface area contributed by atoms with Crippen molar-refractivity contribution in [2.24, 2.45) is 5.92 Å². The van der Waals surface area contributed by atoms with Gasteiger partial charge in [-0.2, -0.15) is 0 Å². The van der Waals surface area contributed by atoms with Crippen molar-refractivity contribution in [1.82, 2.24) is 0 Å². The molecule has 0 aromatic heterocycles. The second-order valence-electron chi connectivity index (χ2n) is 8.87. The Balaban J connectivity index is 3.42. The summed E-state index contributed by atoms with van der Waals surface area (Å²) in [5.74, 6) is 2.35. The van der Waals surface area contributed by atoms with E-state index in [4.69, 9.17) is 0 Å². The predicted octanol–water partition coefficient (Wildman–Crippen LogP) is 6.52. The zero-order valence-electron chi connectivity index (χ0n) is 15.4. The Morgan fingerprint density at radius 2 is 1.60 bits per heavy atom. The van der Waals surface area contributed by atoms with Gasteiger partial charge in [-0.1, -0.05) is 0 Å². The Kier molecular flexibility index (Phi) is 6.31. The summed E-state index contributed by atoms with van der Waals surface area (Å²) in [7, 11) is 0.317. The van der Waals surface area contributed by atoms with Gasteiger partial charge in [0.2, 0.25) is 0 Å². The second kappa shape index (κ2) is 6.36. The molecule has 0 spiro atoms. The molecule has 122 valence electrons. The molecule has 1 aliphatic heterocycles. The SMILES string of the molecule is CC(C)C1CP(C)(C)(C)P(C)CP(C)C#P(C)[PH]1(C)C. The van der Waals surface area contributed by atoms with Gasteiger partial charge in [-0.15, -0.1) is 0 Å². The molecule has 1 rings (SSSR count). The van der Waals surface area contributed by atoms with Crippen molar-refractivity contribution in [2.75, 3.05) is 65.4 Å². The van der Waals surface area contributed by atoms with Gasteiger partial charge >= 0.3 is 132 Å². The van der Waals surface area contributed by atoms with E-state index in [1.807, 2.05) is 0 Å². The fourth-order valence-corrected chi connectivity index (χ4v) is 34.1. The molecule has 0 nitrogen and oxygen atoms in total. The third-order valence-electron chi connectivity index (χ3n) is 5.41. The fraction of sp³-hybridized carbons (Fsp3) is 0.933. The van der Waals surface area contributed by atoms with Crippen molar-refractivity contribution >= 4 is 35.8 Å². The van der Waals surface area contributed by atoms with Gasteiger partial charge in [-0.25, -0.2) is 0 Å². The summed E-state index contributed by atoms with van der Waals surface area (Å²) in [4.78, 5) is 0. The molecule has 0 amide bonds. The average molecular weight is 372 g/mol. The first-order valence-corrected chi connectivity index (χ1v) is 21.8. The first kappa shape index (κ1) is 19.8. The molecule has 1 heterocycles. The van der Waals surface area contributed by atoms with Crippen molar-refractivity contribution < 1.29 is 0 Å². The van der Waals surface area contributed by atoms with Gasteiger partial charge in [0.25, 0.3) is 0 Å². The zero-order chi connectivity index (χ0) is 16.0. The number of hydrogen-bond donors (Lipinski definition) is 0. The number of hydrogen-bond acceptors (Lipinski definition) is 0. The Bertz CT molecular complexity index is 444. The normalized spacial score (nSPS) is 41.9.